The standard InChI is InChI=1S/C41H42N2.C39H38N2.C37H34N2.6CH3.6ClH.3Zr/c1-26-23-36-32(13-9-17-40(36)42-28(3)19-21-30-11-5-7-15-38(30)42)34(26)25-35-27(2)24-37-33(35)14-10-18-41(37)43-29(4)20-22-31-12-6-8-16-39(31)43;1-24-19-34-30(13-9-17-38(34)40-26(3)21-28-11-5-7-15-36(28)40)32(24)23-33-25(2)20-35-31(33)14-10-18-39(35)41-27(4)22-29-12-6-8-16-37(29)41;1-24-21-32-28(11-7-15-36(32)38-19-17-26-9-3-5-13-34(26)38)30(24)23-31-25(2)22-33-29(31)12-8-16-37(33)39-20-18-27-10-4-6-14-35(27)39;;;;;;;;;;;;;;;/h5-18,23-24,28-29,34-35H,19-22,25H2,1-4H3;5-20,26-27,32-33H,21-23H2,1-4H3;3-16,21-22,30-31H,17-20,23H2,1-2H3;6*1H3;6*1H;;;/q;;;6*-1;;;;;;;3*+4/p-6. The van der Waals surface area contributed by atoms with Crippen molar-refractivity contribution in [1.29, 1.82) is 0 Å². The summed E-state index contributed by atoms with van der Waals surface area (Å²) in [6.07, 6.45) is 27.5. The van der Waals surface area contributed by atoms with Gasteiger partial charge in [-0.2, -0.15) is 0 Å². The zero-order valence-corrected chi connectivity index (χ0v) is 95.0. The summed E-state index contributed by atoms with van der Waals surface area (Å²) >= 11 is -2.48. The molecule has 15 heteroatoms. The second-order valence-corrected chi connectivity index (χ2v) is 49.4. The second kappa shape index (κ2) is 47.2. The molecular weight excluding hydrogens is 2050 g/mol. The molecule has 0 saturated heterocycles. The Hall–Kier alpha value is -7.73. The Balaban J connectivity index is 0.000000164. The van der Waals surface area contributed by atoms with Crippen LogP contribution in [0.3, 0.4) is 0 Å². The maximum absolute atomic E-state index is 4.93. The molecule has 12 aromatic rings. The van der Waals surface area contributed by atoms with Gasteiger partial charge in [0.25, 0.3) is 0 Å². The summed E-state index contributed by atoms with van der Waals surface area (Å²) in [4.78, 5) is 15.5. The number of fused-ring (bicyclic) bond motifs is 12. The molecule has 0 aromatic heterocycles. The predicted octanol–water partition coefficient (Wildman–Crippen LogP) is 36.7. The van der Waals surface area contributed by atoms with Gasteiger partial charge in [-0.05, 0) is 279 Å². The van der Waals surface area contributed by atoms with Crippen molar-refractivity contribution in [3.63, 3.8) is 0 Å². The Morgan fingerprint density at radius 3 is 0.667 bits per heavy atom. The molecule has 0 spiro atoms. The quantitative estimate of drug-likeness (QED) is 0.113. The fourth-order valence-electron chi connectivity index (χ4n) is 24.7. The minimum atomic E-state index is -0.826. The van der Waals surface area contributed by atoms with Crippen molar-refractivity contribution >= 4 is 156 Å². The molecule has 708 valence electrons. The molecule has 0 saturated carbocycles. The number of anilines is 12. The molecule has 0 amide bonds. The third kappa shape index (κ3) is 20.5. The van der Waals surface area contributed by atoms with Gasteiger partial charge in [0.15, 0.2) is 0 Å². The normalized spacial score (nSPS) is 20.4. The van der Waals surface area contributed by atoms with Crippen molar-refractivity contribution in [2.75, 3.05) is 42.5 Å². The zero-order chi connectivity index (χ0) is 91.3. The molecule has 0 bridgehead atoms. The number of allylic oxidation sites excluding steroid dienone is 6. The topological polar surface area (TPSA) is 19.4 Å². The SMILES string of the molecule is CC1=Cc2c(cccc2N2CCc3ccccc32)C1CC1C(C)=Cc2c1cccc2N1CCc2ccccc21.CC1=Cc2c(cccc2N2c3ccccc3CC2C)C1CC1C(C)=Cc2c1cccc2N1c2ccccc2CC1C.CC1=Cc2c(cccc2N2c3ccccc3CCC2C)C1CC1C(C)=Cc2c1cccc2N1c2ccccc2CCC1C.[CH3-].[CH3-].[CH3-].[CH3-].[CH3-].[CH3-].[Cl][Zr+2][Cl].[Cl][Zr+2][Cl].[Cl][Zr+2][Cl]. The van der Waals surface area contributed by atoms with Gasteiger partial charge in [0.2, 0.25) is 0 Å². The molecule has 12 aromatic carbocycles. The molecule has 0 fully saturated rings. The van der Waals surface area contributed by atoms with E-state index in [0.29, 0.717) is 59.7 Å². The maximum atomic E-state index is 4.93. The molecule has 10 atom stereocenters. The number of aryl methyl sites for hydroxylation is 2. The van der Waals surface area contributed by atoms with Gasteiger partial charge in [0.1, 0.15) is 0 Å². The third-order valence-corrected chi connectivity index (χ3v) is 30.8. The molecule has 0 radical (unpaired) electrons. The van der Waals surface area contributed by atoms with Gasteiger partial charge < -0.3 is 74.0 Å². The van der Waals surface area contributed by atoms with Crippen molar-refractivity contribution in [3.8, 4) is 0 Å². The monoisotopic (exact) mass is 2170 g/mol. The van der Waals surface area contributed by atoms with Gasteiger partial charge in [-0.15, -0.1) is 0 Å². The summed E-state index contributed by atoms with van der Waals surface area (Å²) in [6.45, 7) is 25.8. The molecule has 12 aliphatic rings. The van der Waals surface area contributed by atoms with Crippen molar-refractivity contribution in [2.45, 2.75) is 200 Å². The molecule has 6 aliphatic carbocycles. The Labute approximate surface area is 883 Å². The van der Waals surface area contributed by atoms with Crippen LogP contribution in [0.5, 0.6) is 0 Å². The first-order chi connectivity index (χ1) is 64.4. The van der Waals surface area contributed by atoms with Crippen LogP contribution < -0.4 is 29.4 Å². The average Bonchev–Trinajstić information content (AvgIpc) is 1.57. The predicted molar refractivity (Wildman–Crippen MR) is 595 cm³/mol. The van der Waals surface area contributed by atoms with E-state index in [1.165, 1.54) is 215 Å². The van der Waals surface area contributed by atoms with E-state index in [4.69, 9.17) is 51.1 Å². The molecule has 6 heterocycles. The first kappa shape index (κ1) is 108. The van der Waals surface area contributed by atoms with Crippen LogP contribution in [0.15, 0.2) is 288 Å². The molecule has 138 heavy (non-hydrogen) atoms. The summed E-state index contributed by atoms with van der Waals surface area (Å²) in [5.74, 6) is 2.65. The van der Waals surface area contributed by atoms with E-state index in [1.54, 1.807) is 0 Å². The van der Waals surface area contributed by atoms with Gasteiger partial charge >= 0.3 is 114 Å². The van der Waals surface area contributed by atoms with Gasteiger partial charge in [-0.25, -0.2) is 0 Å². The number of rotatable bonds is 12. The van der Waals surface area contributed by atoms with E-state index in [-0.39, 0.29) is 44.6 Å². The number of halogens is 6. The molecule has 24 rings (SSSR count). The van der Waals surface area contributed by atoms with Crippen molar-refractivity contribution in [2.24, 2.45) is 0 Å². The summed E-state index contributed by atoms with van der Waals surface area (Å²) in [6, 6.07) is 97.7. The van der Waals surface area contributed by atoms with Crippen LogP contribution in [0.2, 0.25) is 0 Å². The molecule has 6 aliphatic heterocycles. The Bertz CT molecular complexity index is 6200. The Kier molecular flexibility index (Phi) is 36.8. The third-order valence-electron chi connectivity index (χ3n) is 30.8. The average molecular weight is 2180 g/mol. The zero-order valence-electron chi connectivity index (χ0n) is 83.1. The van der Waals surface area contributed by atoms with Gasteiger partial charge in [0.05, 0.1) is 0 Å². The summed E-state index contributed by atoms with van der Waals surface area (Å²) in [7, 11) is 29.6. The van der Waals surface area contributed by atoms with E-state index >= 15 is 0 Å². The summed E-state index contributed by atoms with van der Waals surface area (Å²) in [5, 5.41) is 0. The van der Waals surface area contributed by atoms with Crippen molar-refractivity contribution in [3.05, 3.63) is 433 Å². The van der Waals surface area contributed by atoms with Crippen LogP contribution in [0.4, 0.5) is 68.2 Å². The van der Waals surface area contributed by atoms with E-state index < -0.39 is 62.5 Å². The number of benzene rings is 12. The molecule has 6 nitrogen and oxygen atoms in total. The van der Waals surface area contributed by atoms with E-state index in [0.717, 1.165) is 70.9 Å². The van der Waals surface area contributed by atoms with Crippen molar-refractivity contribution in [1.82, 2.24) is 0 Å². The number of hydrogen-bond donors (Lipinski definition) is 0. The fraction of sp³-hybridized carbons (Fsp3) is 0.268. The van der Waals surface area contributed by atoms with Crippen LogP contribution in [-0.4, -0.2) is 37.3 Å². The number of nitrogens with zero attached hydrogens (tertiary/aromatic N) is 6. The van der Waals surface area contributed by atoms with Gasteiger partial charge in [-0.3, -0.25) is 0 Å². The molecule has 10 unspecified atom stereocenters. The minimum absolute atomic E-state index is 0. The second-order valence-electron chi connectivity index (χ2n) is 38.2. The molecule has 0 N–H and O–H groups in total. The van der Waals surface area contributed by atoms with Gasteiger partial charge in [0, 0.05) is 174 Å². The van der Waals surface area contributed by atoms with Crippen molar-refractivity contribution < 1.29 is 62.5 Å². The van der Waals surface area contributed by atoms with Crippen LogP contribution >= 0.6 is 51.1 Å². The van der Waals surface area contributed by atoms with Crippen LogP contribution in [0, 0.1) is 44.6 Å². The van der Waals surface area contributed by atoms with Crippen LogP contribution in [-0.2, 0) is 101 Å². The van der Waals surface area contributed by atoms with Crippen LogP contribution in [0.1, 0.15) is 237 Å². The van der Waals surface area contributed by atoms with E-state index in [2.05, 4.69) is 390 Å². The van der Waals surface area contributed by atoms with E-state index in [9.17, 15) is 0 Å². The summed E-state index contributed by atoms with van der Waals surface area (Å²) < 4.78 is 0. The first-order valence-corrected chi connectivity index (χ1v) is 66.3. The summed E-state index contributed by atoms with van der Waals surface area (Å²) in [5.41, 5.74) is 51.8. The Morgan fingerprint density at radius 2 is 0.413 bits per heavy atom. The van der Waals surface area contributed by atoms with Gasteiger partial charge in [-0.1, -0.05) is 252 Å². The first-order valence-electron chi connectivity index (χ1n) is 47.4. The fourth-order valence-corrected chi connectivity index (χ4v) is 24.7. The number of hydrogen-bond acceptors (Lipinski definition) is 6. The van der Waals surface area contributed by atoms with Crippen LogP contribution in [0.25, 0.3) is 36.5 Å². The number of para-hydroxylation sites is 6. The Morgan fingerprint density at radius 1 is 0.225 bits per heavy atom. The van der Waals surface area contributed by atoms with E-state index in [1.807, 2.05) is 0 Å². The molecular formula is C123H132Cl6N6Zr3.